The van der Waals surface area contributed by atoms with Crippen LogP contribution >= 0.6 is 11.8 Å². The Morgan fingerprint density at radius 2 is 2.23 bits per heavy atom. The number of hydrogen-bond acceptors (Lipinski definition) is 8. The van der Waals surface area contributed by atoms with Crippen LogP contribution in [0.15, 0.2) is 39.3 Å². The van der Waals surface area contributed by atoms with Gasteiger partial charge in [0, 0.05) is 7.05 Å². The van der Waals surface area contributed by atoms with Crippen LogP contribution in [0.1, 0.15) is 0 Å². The van der Waals surface area contributed by atoms with Crippen LogP contribution in [0, 0.1) is 0 Å². The number of furan rings is 1. The molecule has 0 saturated heterocycles. The Balaban J connectivity index is 1.72. The van der Waals surface area contributed by atoms with Gasteiger partial charge in [0.1, 0.15) is 12.0 Å². The van der Waals surface area contributed by atoms with E-state index in [1.165, 1.54) is 16.4 Å². The lowest BCUT2D eigenvalue weighted by Gasteiger charge is -2.04. The van der Waals surface area contributed by atoms with Crippen molar-refractivity contribution in [2.75, 3.05) is 6.61 Å². The van der Waals surface area contributed by atoms with Gasteiger partial charge in [-0.15, -0.1) is 15.3 Å². The molecule has 9 nitrogen and oxygen atoms in total. The van der Waals surface area contributed by atoms with E-state index in [0.717, 1.165) is 5.16 Å². The molecule has 0 aliphatic heterocycles. The first-order valence-corrected chi connectivity index (χ1v) is 7.28. The highest BCUT2D eigenvalue weighted by Crippen LogP contribution is 2.30. The molecule has 3 heterocycles. The summed E-state index contributed by atoms with van der Waals surface area (Å²) in [6, 6.07) is 3.60. The average Bonchev–Trinajstić information content (AvgIpc) is 3.22. The van der Waals surface area contributed by atoms with Gasteiger partial charge < -0.3 is 19.2 Å². The fraction of sp³-hybridized carbons (Fsp3) is 0.333. The maximum atomic E-state index is 9.38. The zero-order valence-electron chi connectivity index (χ0n) is 11.7. The van der Waals surface area contributed by atoms with Crippen LogP contribution in [0.3, 0.4) is 0 Å². The van der Waals surface area contributed by atoms with E-state index in [9.17, 15) is 5.11 Å². The molecular formula is C12H14N6O3S. The second-order valence-corrected chi connectivity index (χ2v) is 5.58. The molecule has 0 saturated carbocycles. The maximum absolute atomic E-state index is 9.38. The van der Waals surface area contributed by atoms with Crippen molar-refractivity contribution in [3.05, 3.63) is 24.7 Å². The molecule has 0 fully saturated rings. The molecule has 0 unspecified atom stereocenters. The highest BCUT2D eigenvalue weighted by Gasteiger charge is 2.13. The van der Waals surface area contributed by atoms with Gasteiger partial charge in [-0.25, -0.2) is 4.68 Å². The van der Waals surface area contributed by atoms with Crippen LogP contribution in [0.4, 0.5) is 0 Å². The highest BCUT2D eigenvalue weighted by molar-refractivity contribution is 7.99. The average molecular weight is 322 g/mol. The lowest BCUT2D eigenvalue weighted by molar-refractivity contribution is 0.0778. The van der Waals surface area contributed by atoms with E-state index < -0.39 is 6.10 Å². The number of aliphatic hydroxyl groups excluding tert-OH is 2. The minimum absolute atomic E-state index is 0.171. The Hall–Kier alpha value is -2.17. The van der Waals surface area contributed by atoms with Gasteiger partial charge in [-0.2, -0.15) is 0 Å². The number of rotatable bonds is 6. The molecule has 3 aromatic heterocycles. The molecule has 0 spiro atoms. The minimum atomic E-state index is -0.867. The molecular weight excluding hydrogens is 308 g/mol. The van der Waals surface area contributed by atoms with Crippen molar-refractivity contribution in [1.82, 2.24) is 29.8 Å². The largest absolute Gasteiger partial charge is 0.448 e. The molecule has 0 amide bonds. The van der Waals surface area contributed by atoms with Gasteiger partial charge in [-0.05, 0) is 23.9 Å². The van der Waals surface area contributed by atoms with Crippen LogP contribution in [0.25, 0.3) is 11.5 Å². The summed E-state index contributed by atoms with van der Waals surface area (Å²) in [5.41, 5.74) is 0.551. The molecule has 3 aromatic rings. The zero-order valence-corrected chi connectivity index (χ0v) is 12.5. The van der Waals surface area contributed by atoms with Gasteiger partial charge in [-0.1, -0.05) is 5.21 Å². The van der Waals surface area contributed by atoms with Gasteiger partial charge in [0.2, 0.25) is 0 Å². The minimum Gasteiger partial charge on any atom is -0.448 e. The monoisotopic (exact) mass is 322 g/mol. The summed E-state index contributed by atoms with van der Waals surface area (Å²) in [4.78, 5) is 0. The SMILES string of the molecule is Cn1cnnc1Sc1ccc(-c2cn(C[C@H](O)CO)nn2)o1. The van der Waals surface area contributed by atoms with Crippen LogP contribution in [-0.2, 0) is 13.6 Å². The molecule has 0 bridgehead atoms. The van der Waals surface area contributed by atoms with Gasteiger partial charge in [0.15, 0.2) is 16.0 Å². The van der Waals surface area contributed by atoms with E-state index in [-0.39, 0.29) is 13.2 Å². The summed E-state index contributed by atoms with van der Waals surface area (Å²) in [5, 5.41) is 35.2. The van der Waals surface area contributed by atoms with E-state index in [1.54, 1.807) is 23.2 Å². The van der Waals surface area contributed by atoms with Crippen molar-refractivity contribution in [2.24, 2.45) is 7.05 Å². The number of aromatic nitrogens is 6. The highest BCUT2D eigenvalue weighted by atomic mass is 32.2. The predicted octanol–water partition coefficient (Wildman–Crippen LogP) is 0.171. The van der Waals surface area contributed by atoms with Crippen LogP contribution in [0.2, 0.25) is 0 Å². The molecule has 0 radical (unpaired) electrons. The van der Waals surface area contributed by atoms with Crippen molar-refractivity contribution in [2.45, 2.75) is 22.9 Å². The third-order valence-corrected chi connectivity index (χ3v) is 3.82. The normalized spacial score (nSPS) is 12.7. The Kier molecular flexibility index (Phi) is 4.22. The molecule has 0 aromatic carbocycles. The van der Waals surface area contributed by atoms with Gasteiger partial charge in [0.25, 0.3) is 0 Å². The fourth-order valence-electron chi connectivity index (χ4n) is 1.74. The standard InChI is InChI=1S/C12H14N6O3S/c1-17-7-13-15-12(17)22-11-3-2-10(21-11)9-5-18(16-14-9)4-8(20)6-19/h2-3,5,7-8,19-20H,4,6H2,1H3/t8-/m0/s1. The summed E-state index contributed by atoms with van der Waals surface area (Å²) in [7, 11) is 1.85. The summed E-state index contributed by atoms with van der Waals surface area (Å²) in [6.45, 7) is -0.154. The zero-order chi connectivity index (χ0) is 15.5. The third kappa shape index (κ3) is 3.18. The van der Waals surface area contributed by atoms with Crippen molar-refractivity contribution in [3.63, 3.8) is 0 Å². The first-order valence-electron chi connectivity index (χ1n) is 6.47. The lowest BCUT2D eigenvalue weighted by atomic mass is 10.3. The Morgan fingerprint density at radius 1 is 1.36 bits per heavy atom. The molecule has 0 aliphatic carbocycles. The quantitative estimate of drug-likeness (QED) is 0.660. The smallest absolute Gasteiger partial charge is 0.198 e. The molecule has 3 rings (SSSR count). The molecule has 116 valence electrons. The molecule has 0 aliphatic rings. The summed E-state index contributed by atoms with van der Waals surface area (Å²) < 4.78 is 8.94. The van der Waals surface area contributed by atoms with E-state index in [0.29, 0.717) is 16.5 Å². The number of aliphatic hydroxyl groups is 2. The number of hydrogen-bond donors (Lipinski definition) is 2. The van der Waals surface area contributed by atoms with Crippen LogP contribution < -0.4 is 0 Å². The van der Waals surface area contributed by atoms with E-state index >= 15 is 0 Å². The summed E-state index contributed by atoms with van der Waals surface area (Å²) in [6.07, 6.45) is 2.40. The van der Waals surface area contributed by atoms with Crippen molar-refractivity contribution in [1.29, 1.82) is 0 Å². The fourth-order valence-corrected chi connectivity index (χ4v) is 2.47. The predicted molar refractivity (Wildman–Crippen MR) is 75.9 cm³/mol. The summed E-state index contributed by atoms with van der Waals surface area (Å²) >= 11 is 1.35. The first kappa shape index (κ1) is 14.8. The van der Waals surface area contributed by atoms with Crippen molar-refractivity contribution >= 4 is 11.8 Å². The maximum Gasteiger partial charge on any atom is 0.198 e. The van der Waals surface area contributed by atoms with E-state index in [2.05, 4.69) is 20.5 Å². The van der Waals surface area contributed by atoms with E-state index in [4.69, 9.17) is 9.52 Å². The van der Waals surface area contributed by atoms with E-state index in [1.807, 2.05) is 13.1 Å². The van der Waals surface area contributed by atoms with Gasteiger partial charge >= 0.3 is 0 Å². The Morgan fingerprint density at radius 3 is 2.95 bits per heavy atom. The number of aryl methyl sites for hydroxylation is 1. The summed E-state index contributed by atoms with van der Waals surface area (Å²) in [5.74, 6) is 0.564. The van der Waals surface area contributed by atoms with Gasteiger partial charge in [-0.3, -0.25) is 0 Å². The third-order valence-electron chi connectivity index (χ3n) is 2.84. The molecule has 22 heavy (non-hydrogen) atoms. The van der Waals surface area contributed by atoms with Crippen LogP contribution in [0.5, 0.6) is 0 Å². The van der Waals surface area contributed by atoms with Gasteiger partial charge in [0.05, 0.1) is 25.5 Å². The second kappa shape index (κ2) is 6.30. The molecule has 10 heteroatoms. The van der Waals surface area contributed by atoms with Crippen molar-refractivity contribution in [3.8, 4) is 11.5 Å². The molecule has 2 N–H and O–H groups in total. The van der Waals surface area contributed by atoms with Crippen LogP contribution in [-0.4, -0.2) is 52.7 Å². The lowest BCUT2D eigenvalue weighted by Crippen LogP contribution is -2.20. The Labute approximate surface area is 129 Å². The topological polar surface area (TPSA) is 115 Å². The second-order valence-electron chi connectivity index (χ2n) is 4.61. The van der Waals surface area contributed by atoms with Crippen molar-refractivity contribution < 1.29 is 14.6 Å². The molecule has 1 atom stereocenters. The number of nitrogens with zero attached hydrogens (tertiary/aromatic N) is 6. The Bertz CT molecular complexity index is 751. The first-order chi connectivity index (χ1) is 10.7.